The first kappa shape index (κ1) is 10.9. The average molecular weight is 253 g/mol. The number of furan rings is 1. The van der Waals surface area contributed by atoms with Crippen LogP contribution in [0.3, 0.4) is 0 Å². The Morgan fingerprint density at radius 2 is 2.06 bits per heavy atom. The minimum Gasteiger partial charge on any atom is -0.457 e. The molecule has 2 aromatic rings. The predicted molar refractivity (Wildman–Crippen MR) is 66.8 cm³/mol. The van der Waals surface area contributed by atoms with Crippen LogP contribution in [-0.4, -0.2) is 31.3 Å². The van der Waals surface area contributed by atoms with Gasteiger partial charge in [0, 0.05) is 25.2 Å². The molecule has 0 saturated carbocycles. The largest absolute Gasteiger partial charge is 0.457 e. The van der Waals surface area contributed by atoms with Crippen molar-refractivity contribution in [1.29, 1.82) is 0 Å². The van der Waals surface area contributed by atoms with Crippen LogP contribution in [0.15, 0.2) is 16.5 Å². The Kier molecular flexibility index (Phi) is 2.68. The molecule has 1 aliphatic rings. The highest BCUT2D eigenvalue weighted by Crippen LogP contribution is 2.31. The van der Waals surface area contributed by atoms with Gasteiger partial charge in [-0.15, -0.1) is 0 Å². The minimum absolute atomic E-state index is 0.500. The van der Waals surface area contributed by atoms with Gasteiger partial charge in [0.05, 0.1) is 18.9 Å². The molecule has 3 heterocycles. The van der Waals surface area contributed by atoms with Gasteiger partial charge in [-0.2, -0.15) is 0 Å². The summed E-state index contributed by atoms with van der Waals surface area (Å²) in [6, 6.07) is 3.77. The summed E-state index contributed by atoms with van der Waals surface area (Å²) < 4.78 is 11.1. The van der Waals surface area contributed by atoms with Crippen LogP contribution < -0.4 is 4.90 Å². The zero-order valence-corrected chi connectivity index (χ0v) is 10.3. The fourth-order valence-corrected chi connectivity index (χ4v) is 2.33. The summed E-state index contributed by atoms with van der Waals surface area (Å²) >= 11 is 6.04. The maximum Gasteiger partial charge on any atom is 0.176 e. The fourth-order valence-electron chi connectivity index (χ4n) is 2.13. The molecule has 0 N–H and O–H groups in total. The van der Waals surface area contributed by atoms with Crippen molar-refractivity contribution in [3.63, 3.8) is 0 Å². The van der Waals surface area contributed by atoms with E-state index in [9.17, 15) is 0 Å². The number of aromatic nitrogens is 1. The Bertz CT molecular complexity index is 547. The highest BCUT2D eigenvalue weighted by atomic mass is 35.5. The van der Waals surface area contributed by atoms with Gasteiger partial charge in [-0.25, -0.2) is 4.98 Å². The predicted octanol–water partition coefficient (Wildman–Crippen LogP) is 2.63. The Hall–Kier alpha value is -1.26. The summed E-state index contributed by atoms with van der Waals surface area (Å²) in [5.74, 6) is 0.851. The number of anilines is 1. The molecule has 0 aliphatic carbocycles. The molecule has 0 spiro atoms. The van der Waals surface area contributed by atoms with Gasteiger partial charge < -0.3 is 14.1 Å². The lowest BCUT2D eigenvalue weighted by atomic mass is 10.3. The topological polar surface area (TPSA) is 38.5 Å². The van der Waals surface area contributed by atoms with Crippen LogP contribution >= 0.6 is 11.6 Å². The van der Waals surface area contributed by atoms with Crippen LogP contribution in [0.25, 0.3) is 11.1 Å². The number of pyridine rings is 1. The molecule has 0 unspecified atom stereocenters. The van der Waals surface area contributed by atoms with Crippen molar-refractivity contribution in [2.24, 2.45) is 0 Å². The molecule has 17 heavy (non-hydrogen) atoms. The van der Waals surface area contributed by atoms with Crippen molar-refractivity contribution in [3.05, 3.63) is 23.0 Å². The van der Waals surface area contributed by atoms with E-state index in [-0.39, 0.29) is 0 Å². The number of hydrogen-bond donors (Lipinski definition) is 0. The van der Waals surface area contributed by atoms with E-state index in [0.717, 1.165) is 48.9 Å². The van der Waals surface area contributed by atoms with Crippen molar-refractivity contribution >= 4 is 28.4 Å². The van der Waals surface area contributed by atoms with Gasteiger partial charge in [0.15, 0.2) is 5.58 Å². The van der Waals surface area contributed by atoms with E-state index in [2.05, 4.69) is 9.88 Å². The molecular weight excluding hydrogens is 240 g/mol. The van der Waals surface area contributed by atoms with E-state index < -0.39 is 0 Å². The highest BCUT2D eigenvalue weighted by Gasteiger charge is 2.18. The molecule has 3 rings (SSSR count). The van der Waals surface area contributed by atoms with Crippen LogP contribution in [0.4, 0.5) is 5.69 Å². The zero-order chi connectivity index (χ0) is 11.8. The Morgan fingerprint density at radius 1 is 1.29 bits per heavy atom. The van der Waals surface area contributed by atoms with E-state index in [4.69, 9.17) is 20.8 Å². The van der Waals surface area contributed by atoms with Crippen molar-refractivity contribution in [3.8, 4) is 0 Å². The highest BCUT2D eigenvalue weighted by molar-refractivity contribution is 6.30. The molecule has 4 nitrogen and oxygen atoms in total. The minimum atomic E-state index is 0.500. The van der Waals surface area contributed by atoms with Crippen molar-refractivity contribution in [2.45, 2.75) is 6.92 Å². The van der Waals surface area contributed by atoms with Crippen LogP contribution in [0, 0.1) is 6.92 Å². The first-order chi connectivity index (χ1) is 8.24. The van der Waals surface area contributed by atoms with Crippen molar-refractivity contribution in [2.75, 3.05) is 31.2 Å². The smallest absolute Gasteiger partial charge is 0.176 e. The molecule has 0 amide bonds. The molecule has 5 heteroatoms. The number of morpholine rings is 1. The molecular formula is C12H13ClN2O2. The van der Waals surface area contributed by atoms with Crippen LogP contribution in [0.5, 0.6) is 0 Å². The molecule has 0 aromatic carbocycles. The van der Waals surface area contributed by atoms with E-state index in [1.807, 2.05) is 19.1 Å². The maximum atomic E-state index is 6.04. The lowest BCUT2D eigenvalue weighted by Gasteiger charge is -2.28. The zero-order valence-electron chi connectivity index (χ0n) is 9.57. The lowest BCUT2D eigenvalue weighted by Crippen LogP contribution is -2.36. The fraction of sp³-hybridized carbons (Fsp3) is 0.417. The van der Waals surface area contributed by atoms with Crippen molar-refractivity contribution < 1.29 is 9.15 Å². The molecule has 0 bridgehead atoms. The molecule has 0 atom stereocenters. The Balaban J connectivity index is 2.12. The number of aryl methyl sites for hydroxylation is 1. The summed E-state index contributed by atoms with van der Waals surface area (Å²) in [6.45, 7) is 5.10. The first-order valence-electron chi connectivity index (χ1n) is 5.63. The molecule has 90 valence electrons. The maximum absolute atomic E-state index is 6.04. The van der Waals surface area contributed by atoms with E-state index in [0.29, 0.717) is 5.15 Å². The molecule has 1 saturated heterocycles. The quantitative estimate of drug-likeness (QED) is 0.732. The number of nitrogens with zero attached hydrogens (tertiary/aromatic N) is 2. The van der Waals surface area contributed by atoms with E-state index >= 15 is 0 Å². The summed E-state index contributed by atoms with van der Waals surface area (Å²) in [5.41, 5.74) is 2.64. The lowest BCUT2D eigenvalue weighted by molar-refractivity contribution is 0.122. The monoisotopic (exact) mass is 252 g/mol. The second-order valence-electron chi connectivity index (χ2n) is 4.13. The van der Waals surface area contributed by atoms with Gasteiger partial charge in [-0.3, -0.25) is 0 Å². The molecule has 0 radical (unpaired) electrons. The van der Waals surface area contributed by atoms with Gasteiger partial charge in [0.25, 0.3) is 0 Å². The number of ether oxygens (including phenoxy) is 1. The van der Waals surface area contributed by atoms with Crippen LogP contribution in [-0.2, 0) is 4.74 Å². The second kappa shape index (κ2) is 4.20. The number of hydrogen-bond acceptors (Lipinski definition) is 4. The van der Waals surface area contributed by atoms with Gasteiger partial charge in [0.1, 0.15) is 16.4 Å². The number of rotatable bonds is 1. The summed E-state index contributed by atoms with van der Waals surface area (Å²) in [4.78, 5) is 6.49. The normalized spacial score (nSPS) is 16.7. The van der Waals surface area contributed by atoms with Gasteiger partial charge in [0.2, 0.25) is 0 Å². The third kappa shape index (κ3) is 1.98. The van der Waals surface area contributed by atoms with E-state index in [1.165, 1.54) is 0 Å². The summed E-state index contributed by atoms with van der Waals surface area (Å²) in [7, 11) is 0. The SMILES string of the molecule is Cc1cc2nc(Cl)cc(N3CCOCC3)c2o1. The third-order valence-corrected chi connectivity index (χ3v) is 3.10. The first-order valence-corrected chi connectivity index (χ1v) is 6.01. The number of fused-ring (bicyclic) bond motifs is 1. The van der Waals surface area contributed by atoms with E-state index in [1.54, 1.807) is 0 Å². The van der Waals surface area contributed by atoms with Gasteiger partial charge in [-0.1, -0.05) is 11.6 Å². The van der Waals surface area contributed by atoms with Crippen LogP contribution in [0.2, 0.25) is 5.15 Å². The summed E-state index contributed by atoms with van der Waals surface area (Å²) in [6.07, 6.45) is 0. The van der Waals surface area contributed by atoms with Crippen LogP contribution in [0.1, 0.15) is 5.76 Å². The van der Waals surface area contributed by atoms with Gasteiger partial charge >= 0.3 is 0 Å². The van der Waals surface area contributed by atoms with Gasteiger partial charge in [-0.05, 0) is 6.92 Å². The number of halogens is 1. The third-order valence-electron chi connectivity index (χ3n) is 2.90. The average Bonchev–Trinajstić information content (AvgIpc) is 2.69. The molecule has 2 aromatic heterocycles. The Labute approximate surface area is 104 Å². The standard InChI is InChI=1S/C12H13ClN2O2/c1-8-6-9-12(17-8)10(7-11(13)14-9)15-2-4-16-5-3-15/h6-7H,2-5H2,1H3. The van der Waals surface area contributed by atoms with Crippen molar-refractivity contribution in [1.82, 2.24) is 4.98 Å². The molecule has 1 fully saturated rings. The second-order valence-corrected chi connectivity index (χ2v) is 4.52. The summed E-state index contributed by atoms with van der Waals surface area (Å²) in [5, 5.41) is 0.500. The molecule has 1 aliphatic heterocycles. The Morgan fingerprint density at radius 3 is 2.82 bits per heavy atom.